The van der Waals surface area contributed by atoms with Crippen LogP contribution in [0.2, 0.25) is 0 Å². The van der Waals surface area contributed by atoms with Crippen molar-refractivity contribution in [2.75, 3.05) is 13.2 Å². The summed E-state index contributed by atoms with van der Waals surface area (Å²) in [5.41, 5.74) is 6.85. The van der Waals surface area contributed by atoms with Crippen LogP contribution in [0, 0.1) is 0 Å². The van der Waals surface area contributed by atoms with Crippen molar-refractivity contribution in [2.24, 2.45) is 5.73 Å². The van der Waals surface area contributed by atoms with Crippen molar-refractivity contribution in [3.8, 4) is 11.5 Å². The van der Waals surface area contributed by atoms with E-state index >= 15 is 0 Å². The van der Waals surface area contributed by atoms with Gasteiger partial charge in [-0.25, -0.2) is 0 Å². The summed E-state index contributed by atoms with van der Waals surface area (Å²) in [5.74, 6) is 1.57. The maximum absolute atomic E-state index is 6.31. The molecule has 0 bridgehead atoms. The van der Waals surface area contributed by atoms with Crippen LogP contribution >= 0.6 is 15.9 Å². The van der Waals surface area contributed by atoms with Crippen molar-refractivity contribution >= 4 is 15.9 Å². The first-order chi connectivity index (χ1) is 9.17. The summed E-state index contributed by atoms with van der Waals surface area (Å²) in [4.78, 5) is 0. The summed E-state index contributed by atoms with van der Waals surface area (Å²) in [6, 6.07) is 15.6. The van der Waals surface area contributed by atoms with Crippen LogP contribution in [0.1, 0.15) is 5.56 Å². The van der Waals surface area contributed by atoms with Gasteiger partial charge in [0.05, 0.1) is 18.8 Å². The number of halogens is 1. The highest BCUT2D eigenvalue weighted by Crippen LogP contribution is 2.37. The van der Waals surface area contributed by atoms with E-state index in [1.165, 1.54) is 0 Å². The van der Waals surface area contributed by atoms with E-state index in [1.807, 2.05) is 48.5 Å². The average Bonchev–Trinajstić information content (AvgIpc) is 2.37. The van der Waals surface area contributed by atoms with Crippen molar-refractivity contribution in [2.45, 2.75) is 5.54 Å². The molecule has 98 valence electrons. The lowest BCUT2D eigenvalue weighted by molar-refractivity contribution is -0.0576. The largest absolute Gasteiger partial charge is 0.457 e. The molecule has 2 N–H and O–H groups in total. The van der Waals surface area contributed by atoms with Gasteiger partial charge in [0.15, 0.2) is 0 Å². The van der Waals surface area contributed by atoms with Gasteiger partial charge in [-0.05, 0) is 24.3 Å². The van der Waals surface area contributed by atoms with Crippen LogP contribution in [0.15, 0.2) is 53.0 Å². The first-order valence-electron chi connectivity index (χ1n) is 6.07. The molecule has 0 amide bonds. The lowest BCUT2D eigenvalue weighted by atomic mass is 9.88. The Morgan fingerprint density at radius 1 is 1.11 bits per heavy atom. The van der Waals surface area contributed by atoms with E-state index in [0.29, 0.717) is 13.2 Å². The second-order valence-electron chi connectivity index (χ2n) is 4.70. The normalized spacial score (nSPS) is 16.7. The van der Waals surface area contributed by atoms with Crippen LogP contribution in [0.25, 0.3) is 0 Å². The maximum Gasteiger partial charge on any atom is 0.133 e. The Bertz CT molecular complexity index is 582. The quantitative estimate of drug-likeness (QED) is 0.942. The van der Waals surface area contributed by atoms with Crippen molar-refractivity contribution in [3.05, 3.63) is 58.6 Å². The molecule has 3 rings (SSSR count). The zero-order valence-electron chi connectivity index (χ0n) is 10.3. The predicted molar refractivity (Wildman–Crippen MR) is 77.3 cm³/mol. The monoisotopic (exact) mass is 319 g/mol. The van der Waals surface area contributed by atoms with Gasteiger partial charge in [-0.2, -0.15) is 0 Å². The highest BCUT2D eigenvalue weighted by molar-refractivity contribution is 9.10. The Kier molecular flexibility index (Phi) is 3.31. The molecule has 0 unspecified atom stereocenters. The Labute approximate surface area is 120 Å². The molecule has 0 saturated carbocycles. The predicted octanol–water partition coefficient (Wildman–Crippen LogP) is 3.43. The van der Waals surface area contributed by atoms with Crippen LogP contribution in [-0.4, -0.2) is 13.2 Å². The van der Waals surface area contributed by atoms with E-state index in [0.717, 1.165) is 21.5 Å². The van der Waals surface area contributed by atoms with Gasteiger partial charge in [0, 0.05) is 10.0 Å². The topological polar surface area (TPSA) is 44.5 Å². The molecule has 0 atom stereocenters. The van der Waals surface area contributed by atoms with Crippen molar-refractivity contribution in [3.63, 3.8) is 0 Å². The Morgan fingerprint density at radius 2 is 1.84 bits per heavy atom. The minimum absolute atomic E-state index is 0.440. The summed E-state index contributed by atoms with van der Waals surface area (Å²) in [5, 5.41) is 0. The fraction of sp³-hybridized carbons (Fsp3) is 0.200. The van der Waals surface area contributed by atoms with Gasteiger partial charge in [0.25, 0.3) is 0 Å². The van der Waals surface area contributed by atoms with E-state index in [-0.39, 0.29) is 0 Å². The summed E-state index contributed by atoms with van der Waals surface area (Å²) in [6.07, 6.45) is 0. The fourth-order valence-corrected chi connectivity index (χ4v) is 2.43. The van der Waals surface area contributed by atoms with Gasteiger partial charge < -0.3 is 15.2 Å². The number of hydrogen-bond acceptors (Lipinski definition) is 3. The van der Waals surface area contributed by atoms with Gasteiger partial charge in [0.1, 0.15) is 11.5 Å². The molecule has 19 heavy (non-hydrogen) atoms. The van der Waals surface area contributed by atoms with E-state index in [1.54, 1.807) is 0 Å². The summed E-state index contributed by atoms with van der Waals surface area (Å²) in [7, 11) is 0. The molecular weight excluding hydrogens is 306 g/mol. The number of nitrogens with two attached hydrogens (primary N) is 1. The molecule has 1 aliphatic heterocycles. The highest BCUT2D eigenvalue weighted by atomic mass is 79.9. The minimum atomic E-state index is -0.440. The molecule has 0 spiro atoms. The second kappa shape index (κ2) is 4.96. The highest BCUT2D eigenvalue weighted by Gasteiger charge is 2.38. The molecule has 1 heterocycles. The van der Waals surface area contributed by atoms with Crippen molar-refractivity contribution in [1.82, 2.24) is 0 Å². The molecule has 1 fully saturated rings. The van der Waals surface area contributed by atoms with Crippen LogP contribution in [-0.2, 0) is 10.3 Å². The van der Waals surface area contributed by atoms with Crippen LogP contribution in [0.5, 0.6) is 11.5 Å². The van der Waals surface area contributed by atoms with E-state index in [4.69, 9.17) is 15.2 Å². The van der Waals surface area contributed by atoms with Crippen LogP contribution in [0.3, 0.4) is 0 Å². The summed E-state index contributed by atoms with van der Waals surface area (Å²) in [6.45, 7) is 1.06. The maximum atomic E-state index is 6.31. The van der Waals surface area contributed by atoms with Gasteiger partial charge in [0.2, 0.25) is 0 Å². The first-order valence-corrected chi connectivity index (χ1v) is 6.86. The minimum Gasteiger partial charge on any atom is -0.457 e. The molecule has 0 aromatic heterocycles. The van der Waals surface area contributed by atoms with Gasteiger partial charge in [-0.15, -0.1) is 0 Å². The van der Waals surface area contributed by atoms with Gasteiger partial charge >= 0.3 is 0 Å². The van der Waals surface area contributed by atoms with Crippen LogP contribution in [0.4, 0.5) is 0 Å². The Morgan fingerprint density at radius 3 is 2.47 bits per heavy atom. The number of rotatable bonds is 3. The zero-order chi connectivity index (χ0) is 13.3. The molecule has 0 aliphatic carbocycles. The third kappa shape index (κ3) is 2.52. The Hall–Kier alpha value is -1.36. The smallest absolute Gasteiger partial charge is 0.133 e. The van der Waals surface area contributed by atoms with E-state index in [9.17, 15) is 0 Å². The van der Waals surface area contributed by atoms with Gasteiger partial charge in [-0.1, -0.05) is 40.2 Å². The summed E-state index contributed by atoms with van der Waals surface area (Å²) >= 11 is 3.46. The van der Waals surface area contributed by atoms with E-state index < -0.39 is 5.54 Å². The number of benzene rings is 2. The second-order valence-corrected chi connectivity index (χ2v) is 5.62. The Balaban J connectivity index is 1.97. The molecule has 1 aliphatic rings. The molecule has 2 aromatic carbocycles. The first kappa shape index (κ1) is 12.7. The zero-order valence-corrected chi connectivity index (χ0v) is 11.9. The molecule has 4 heteroatoms. The number of hydrogen-bond donors (Lipinski definition) is 1. The number of ether oxygens (including phenoxy) is 2. The molecule has 0 radical (unpaired) electrons. The van der Waals surface area contributed by atoms with Crippen molar-refractivity contribution < 1.29 is 9.47 Å². The number of para-hydroxylation sites is 1. The summed E-state index contributed by atoms with van der Waals surface area (Å²) < 4.78 is 12.1. The average molecular weight is 320 g/mol. The molecular formula is C15H14BrNO2. The third-order valence-corrected chi connectivity index (χ3v) is 3.66. The molecule has 3 nitrogen and oxygen atoms in total. The van der Waals surface area contributed by atoms with Crippen molar-refractivity contribution in [1.29, 1.82) is 0 Å². The van der Waals surface area contributed by atoms with E-state index in [2.05, 4.69) is 15.9 Å². The van der Waals surface area contributed by atoms with Gasteiger partial charge in [-0.3, -0.25) is 0 Å². The standard InChI is InChI=1S/C15H14BrNO2/c16-11-6-7-13(15(17)9-18-10-15)14(8-11)19-12-4-2-1-3-5-12/h1-8H,9-10,17H2. The molecule has 1 saturated heterocycles. The third-order valence-electron chi connectivity index (χ3n) is 3.17. The molecule has 2 aromatic rings. The SMILES string of the molecule is NC1(c2ccc(Br)cc2Oc2ccccc2)COC1. The fourth-order valence-electron chi connectivity index (χ4n) is 2.08. The lowest BCUT2D eigenvalue weighted by Crippen LogP contribution is -2.54. The lowest BCUT2D eigenvalue weighted by Gasteiger charge is -2.39. The van der Waals surface area contributed by atoms with Crippen LogP contribution < -0.4 is 10.5 Å².